The van der Waals surface area contributed by atoms with Gasteiger partial charge in [-0.1, -0.05) is 82.2 Å². The van der Waals surface area contributed by atoms with Crippen molar-refractivity contribution in [3.8, 4) is 22.7 Å². The van der Waals surface area contributed by atoms with Gasteiger partial charge < -0.3 is 0 Å². The van der Waals surface area contributed by atoms with Gasteiger partial charge in [0, 0.05) is 19.8 Å². The second-order valence-corrected chi connectivity index (χ2v) is 8.87. The maximum atomic E-state index is 4.62. The van der Waals surface area contributed by atoms with Crippen molar-refractivity contribution in [2.24, 2.45) is 0 Å². The Morgan fingerprint density at radius 3 is 1.12 bits per heavy atom. The third-order valence-electron chi connectivity index (χ3n) is 6.03. The number of benzene rings is 4. The van der Waals surface area contributed by atoms with E-state index in [-0.39, 0.29) is 11.9 Å². The predicted octanol–water partition coefficient (Wildman–Crippen LogP) is 2.47. The highest BCUT2D eigenvalue weighted by Crippen LogP contribution is 2.16. The molecule has 0 unspecified atom stereocenters. The van der Waals surface area contributed by atoms with Crippen molar-refractivity contribution < 1.29 is 9.59 Å². The molecule has 3 aromatic heterocycles. The summed E-state index contributed by atoms with van der Waals surface area (Å²) in [5.41, 5.74) is 3.19. The average Bonchev–Trinajstić information content (AvgIpc) is 3.68. The fraction of sp³-hybridized carbons (Fsp3) is 0. The first-order valence-corrected chi connectivity index (χ1v) is 12.9. The summed E-state index contributed by atoms with van der Waals surface area (Å²) in [7, 11) is 0. The Bertz CT molecular complexity index is 1760. The molecule has 0 radical (unpaired) electrons. The number of rotatable bonds is 8. The summed E-state index contributed by atoms with van der Waals surface area (Å²) in [4.78, 5) is 3.04. The van der Waals surface area contributed by atoms with Gasteiger partial charge in [0.2, 0.25) is 0 Å². The third kappa shape index (κ3) is 5.10. The molecule has 7 rings (SSSR count). The highest BCUT2D eigenvalue weighted by molar-refractivity contribution is 5.48. The monoisotopic (exact) mass is 554 g/mol. The first kappa shape index (κ1) is 24.6. The van der Waals surface area contributed by atoms with Gasteiger partial charge in [0.15, 0.2) is 22.7 Å². The number of nitrogens with zero attached hydrogens (tertiary/aromatic N) is 12. The molecule has 0 fully saturated rings. The van der Waals surface area contributed by atoms with Crippen LogP contribution in [-0.4, -0.2) is 50.4 Å². The zero-order valence-corrected chi connectivity index (χ0v) is 21.9. The van der Waals surface area contributed by atoms with E-state index in [2.05, 4.69) is 51.7 Å². The van der Waals surface area contributed by atoms with Crippen LogP contribution in [0, 0.1) is 0 Å². The van der Waals surface area contributed by atoms with Crippen molar-refractivity contribution >= 4 is 23.8 Å². The Labute approximate surface area is 238 Å². The van der Waals surface area contributed by atoms with Crippen molar-refractivity contribution in [1.82, 2.24) is 50.4 Å². The zero-order chi connectivity index (χ0) is 28.1. The van der Waals surface area contributed by atoms with Crippen LogP contribution in [0.3, 0.4) is 0 Å². The molecule has 42 heavy (non-hydrogen) atoms. The van der Waals surface area contributed by atoms with Gasteiger partial charge in [-0.2, -0.15) is 0 Å². The lowest BCUT2D eigenvalue weighted by Gasteiger charge is -2.01. The molecule has 14 nitrogen and oxygen atoms in total. The second kappa shape index (κ2) is 11.0. The number of anilines is 4. The molecular formula is C28H22N14+2. The van der Waals surface area contributed by atoms with Gasteiger partial charge >= 0.3 is 11.9 Å². The van der Waals surface area contributed by atoms with Gasteiger partial charge in [-0.15, -0.1) is 20.4 Å². The van der Waals surface area contributed by atoms with Gasteiger partial charge in [0.05, 0.1) is 0 Å². The fourth-order valence-corrected chi connectivity index (χ4v) is 4.07. The second-order valence-electron chi connectivity index (χ2n) is 8.87. The summed E-state index contributed by atoms with van der Waals surface area (Å²) < 4.78 is 3.29. The fourth-order valence-electron chi connectivity index (χ4n) is 4.07. The smallest absolute Gasteiger partial charge is 0.267 e. The van der Waals surface area contributed by atoms with E-state index in [0.29, 0.717) is 11.9 Å². The van der Waals surface area contributed by atoms with E-state index in [1.165, 1.54) is 9.59 Å². The molecule has 0 aliphatic rings. The molecule has 0 bridgehead atoms. The lowest BCUT2D eigenvalue weighted by molar-refractivity contribution is -0.717. The normalized spacial score (nSPS) is 10.9. The minimum Gasteiger partial charge on any atom is -0.267 e. The number of tetrazole rings is 2. The summed E-state index contributed by atoms with van der Waals surface area (Å²) in [6, 6.07) is 38.4. The van der Waals surface area contributed by atoms with Crippen LogP contribution in [0.1, 0.15) is 0 Å². The maximum absolute atomic E-state index is 4.62. The SMILES string of the molecule is c1ccc(-n2n[n+](-c3ccccc3)nc2Nc2nnc(Nc3n[n+](-c4ccccc4)nn3-c3ccccc3)nn2)cc1. The van der Waals surface area contributed by atoms with Crippen LogP contribution < -0.4 is 20.2 Å². The van der Waals surface area contributed by atoms with Crippen LogP contribution in [0.15, 0.2) is 121 Å². The van der Waals surface area contributed by atoms with E-state index in [9.17, 15) is 0 Å². The van der Waals surface area contributed by atoms with Crippen LogP contribution in [0.5, 0.6) is 0 Å². The maximum Gasteiger partial charge on any atom is 0.367 e. The molecule has 7 aromatic rings. The van der Waals surface area contributed by atoms with Crippen LogP contribution in [0.25, 0.3) is 22.7 Å². The predicted molar refractivity (Wildman–Crippen MR) is 150 cm³/mol. The molecule has 0 aliphatic carbocycles. The molecule has 0 saturated carbocycles. The number of nitrogens with one attached hydrogen (secondary N) is 2. The molecule has 14 heteroatoms. The van der Waals surface area contributed by atoms with Gasteiger partial charge in [0.25, 0.3) is 11.9 Å². The summed E-state index contributed by atoms with van der Waals surface area (Å²) in [5.74, 6) is 1.02. The van der Waals surface area contributed by atoms with Crippen molar-refractivity contribution in [1.29, 1.82) is 0 Å². The van der Waals surface area contributed by atoms with E-state index in [0.717, 1.165) is 22.7 Å². The molecule has 0 atom stereocenters. The van der Waals surface area contributed by atoms with E-state index in [1.807, 2.05) is 121 Å². The topological polar surface area (TPSA) is 145 Å². The van der Waals surface area contributed by atoms with Crippen molar-refractivity contribution in [2.75, 3.05) is 10.6 Å². The Morgan fingerprint density at radius 2 is 0.762 bits per heavy atom. The molecule has 0 saturated heterocycles. The van der Waals surface area contributed by atoms with Crippen molar-refractivity contribution in [3.63, 3.8) is 0 Å². The Balaban J connectivity index is 1.17. The van der Waals surface area contributed by atoms with Gasteiger partial charge in [-0.25, -0.2) is 0 Å². The number of hydrogen-bond donors (Lipinski definition) is 2. The highest BCUT2D eigenvalue weighted by atomic mass is 15.7. The summed E-state index contributed by atoms with van der Waals surface area (Å²) in [5, 5.41) is 41.4. The Morgan fingerprint density at radius 1 is 0.429 bits per heavy atom. The lowest BCUT2D eigenvalue weighted by atomic mass is 10.3. The molecule has 202 valence electrons. The van der Waals surface area contributed by atoms with E-state index in [1.54, 1.807) is 9.36 Å². The molecule has 3 heterocycles. The lowest BCUT2D eigenvalue weighted by Crippen LogP contribution is -2.36. The molecule has 0 amide bonds. The minimum atomic E-state index is 0.134. The first-order chi connectivity index (χ1) is 20.8. The quantitative estimate of drug-likeness (QED) is 0.269. The summed E-state index contributed by atoms with van der Waals surface area (Å²) in [6.45, 7) is 0. The zero-order valence-electron chi connectivity index (χ0n) is 21.9. The first-order valence-electron chi connectivity index (χ1n) is 12.9. The van der Waals surface area contributed by atoms with E-state index < -0.39 is 0 Å². The molecule has 2 N–H and O–H groups in total. The van der Waals surface area contributed by atoms with Gasteiger partial charge in [-0.05, 0) is 48.5 Å². The molecule has 0 aliphatic heterocycles. The number of para-hydroxylation sites is 4. The molecular weight excluding hydrogens is 532 g/mol. The molecule has 4 aromatic carbocycles. The Kier molecular flexibility index (Phi) is 6.42. The minimum absolute atomic E-state index is 0.134. The average molecular weight is 555 g/mol. The summed E-state index contributed by atoms with van der Waals surface area (Å²) >= 11 is 0. The van der Waals surface area contributed by atoms with Crippen molar-refractivity contribution in [2.45, 2.75) is 0 Å². The van der Waals surface area contributed by atoms with Gasteiger partial charge in [-0.3, -0.25) is 10.6 Å². The molecule has 0 spiro atoms. The van der Waals surface area contributed by atoms with Crippen LogP contribution in [-0.2, 0) is 0 Å². The number of hydrogen-bond acceptors (Lipinski definition) is 10. The van der Waals surface area contributed by atoms with Crippen LogP contribution >= 0.6 is 0 Å². The van der Waals surface area contributed by atoms with E-state index >= 15 is 0 Å². The Hall–Kier alpha value is -6.44. The van der Waals surface area contributed by atoms with Crippen molar-refractivity contribution in [3.05, 3.63) is 121 Å². The van der Waals surface area contributed by atoms with E-state index in [4.69, 9.17) is 0 Å². The largest absolute Gasteiger partial charge is 0.367 e. The standard InChI is InChI=1S/C28H21N14/c1-5-13-21(14-6-1)39-27(35-41(37-39)23-17-9-3-10-18-23)29-25-31-33-26(34-32-25)30-28-36-42(24-19-11-4-12-20-24)38-40(28)22-15-7-2-8-16-22/h1-20,37H/q+1/p+1. The number of aromatic nitrogens is 12. The highest BCUT2D eigenvalue weighted by Gasteiger charge is 2.25. The van der Waals surface area contributed by atoms with Gasteiger partial charge in [0.1, 0.15) is 10.4 Å². The summed E-state index contributed by atoms with van der Waals surface area (Å²) in [6.07, 6.45) is 0. The van der Waals surface area contributed by atoms with Crippen LogP contribution in [0.2, 0.25) is 0 Å². The third-order valence-corrected chi connectivity index (χ3v) is 6.03. The van der Waals surface area contributed by atoms with Crippen LogP contribution in [0.4, 0.5) is 23.8 Å².